The van der Waals surface area contributed by atoms with Crippen molar-refractivity contribution in [2.24, 2.45) is 0 Å². The van der Waals surface area contributed by atoms with Crippen molar-refractivity contribution < 1.29 is 0 Å². The Balaban J connectivity index is 0.00000117. The van der Waals surface area contributed by atoms with E-state index in [1.165, 1.54) is 17.6 Å². The van der Waals surface area contributed by atoms with E-state index in [9.17, 15) is 0 Å². The van der Waals surface area contributed by atoms with Gasteiger partial charge in [-0.05, 0) is 50.1 Å². The predicted octanol–water partition coefficient (Wildman–Crippen LogP) is 7.20. The van der Waals surface area contributed by atoms with Crippen LogP contribution in [-0.4, -0.2) is 9.55 Å². The summed E-state index contributed by atoms with van der Waals surface area (Å²) >= 11 is 0. The molecule has 2 aromatic carbocycles. The van der Waals surface area contributed by atoms with Crippen molar-refractivity contribution in [3.8, 4) is 5.69 Å². The number of hydrogen-bond donors (Lipinski definition) is 0. The lowest BCUT2D eigenvalue weighted by atomic mass is 10.1. The van der Waals surface area contributed by atoms with Gasteiger partial charge in [0.1, 0.15) is 5.82 Å². The summed E-state index contributed by atoms with van der Waals surface area (Å²) in [7, 11) is 0. The van der Waals surface area contributed by atoms with Crippen LogP contribution in [0.2, 0.25) is 0 Å². The van der Waals surface area contributed by atoms with E-state index in [4.69, 9.17) is 4.98 Å². The van der Waals surface area contributed by atoms with E-state index in [0.717, 1.165) is 29.0 Å². The van der Waals surface area contributed by atoms with Gasteiger partial charge in [0.15, 0.2) is 0 Å². The van der Waals surface area contributed by atoms with Crippen molar-refractivity contribution in [3.05, 3.63) is 78.1 Å². The minimum atomic E-state index is 1.00. The highest BCUT2D eigenvalue weighted by Crippen LogP contribution is 2.25. The number of fused-ring (bicyclic) bond motifs is 1. The van der Waals surface area contributed by atoms with Gasteiger partial charge in [-0.15, -0.1) is 0 Å². The molecule has 0 fully saturated rings. The Kier molecular flexibility index (Phi) is 7.40. The highest BCUT2D eigenvalue weighted by molar-refractivity contribution is 5.82. The molecule has 1 heterocycles. The van der Waals surface area contributed by atoms with Crippen molar-refractivity contribution in [2.75, 3.05) is 0 Å². The monoisotopic (exact) mass is 346 g/mol. The number of rotatable bonds is 5. The van der Waals surface area contributed by atoms with Crippen molar-refractivity contribution in [1.29, 1.82) is 0 Å². The number of benzene rings is 2. The summed E-state index contributed by atoms with van der Waals surface area (Å²) in [5, 5.41) is 0. The number of imidazole rings is 1. The Bertz CT molecular complexity index is 883. The zero-order valence-electron chi connectivity index (χ0n) is 16.7. The molecule has 136 valence electrons. The molecule has 3 rings (SSSR count). The van der Waals surface area contributed by atoms with Crippen LogP contribution >= 0.6 is 0 Å². The van der Waals surface area contributed by atoms with Crippen LogP contribution in [0.25, 0.3) is 22.3 Å². The van der Waals surface area contributed by atoms with Crippen LogP contribution < -0.4 is 0 Å². The number of nitrogens with zero attached hydrogens (tertiary/aromatic N) is 2. The van der Waals surface area contributed by atoms with Crippen LogP contribution in [0, 0.1) is 0 Å². The first-order valence-electron chi connectivity index (χ1n) is 9.58. The second-order valence-electron chi connectivity index (χ2n) is 6.21. The van der Waals surface area contributed by atoms with Crippen molar-refractivity contribution in [2.45, 2.75) is 47.5 Å². The minimum Gasteiger partial charge on any atom is -0.293 e. The molecule has 0 radical (unpaired) electrons. The quantitative estimate of drug-likeness (QED) is 0.447. The molecule has 1 aromatic heterocycles. The second-order valence-corrected chi connectivity index (χ2v) is 6.21. The van der Waals surface area contributed by atoms with Crippen LogP contribution in [0.1, 0.15) is 53.3 Å². The lowest BCUT2D eigenvalue weighted by Gasteiger charge is -2.09. The smallest absolute Gasteiger partial charge is 0.141 e. The third-order valence-electron chi connectivity index (χ3n) is 4.19. The molecule has 2 heteroatoms. The second kappa shape index (κ2) is 9.76. The van der Waals surface area contributed by atoms with Crippen molar-refractivity contribution in [1.82, 2.24) is 9.55 Å². The van der Waals surface area contributed by atoms with E-state index in [0.29, 0.717) is 0 Å². The molecule has 0 aliphatic rings. The van der Waals surface area contributed by atoms with Gasteiger partial charge in [0.05, 0.1) is 11.0 Å². The summed E-state index contributed by atoms with van der Waals surface area (Å²) in [4.78, 5) is 4.88. The first kappa shape index (κ1) is 19.7. The zero-order valence-corrected chi connectivity index (χ0v) is 16.7. The van der Waals surface area contributed by atoms with E-state index < -0.39 is 0 Å². The highest BCUT2D eigenvalue weighted by Gasteiger charge is 2.12. The standard InChI is InChI=1S/C22H24N2.C2H6/c1-4-10-17(2)15-16-18(3)22-23-20-13-8-9-14-21(20)24(22)19-11-6-5-7-12-19;1-2/h5-9,11-16H,4,10H2,1-3H3;1-2H3/b17-15-,18-16+;. The molecule has 0 aliphatic carbocycles. The predicted molar refractivity (Wildman–Crippen MR) is 115 cm³/mol. The van der Waals surface area contributed by atoms with Gasteiger partial charge in [-0.3, -0.25) is 4.57 Å². The summed E-state index contributed by atoms with van der Waals surface area (Å²) in [5.74, 6) is 1.00. The van der Waals surface area contributed by atoms with Gasteiger partial charge in [0.2, 0.25) is 0 Å². The van der Waals surface area contributed by atoms with Crippen LogP contribution in [0.4, 0.5) is 0 Å². The molecule has 0 amide bonds. The fourth-order valence-corrected chi connectivity index (χ4v) is 2.95. The molecule has 0 spiro atoms. The Labute approximate surface area is 157 Å². The van der Waals surface area contributed by atoms with E-state index in [1.807, 2.05) is 26.0 Å². The Morgan fingerprint density at radius 2 is 1.58 bits per heavy atom. The minimum absolute atomic E-state index is 1.00. The SMILES string of the molecule is CC.CCC/C(C)=C\C=C(/C)c1nc2ccccc2n1-c1ccccc1. The third kappa shape index (κ3) is 4.51. The first-order chi connectivity index (χ1) is 12.7. The third-order valence-corrected chi connectivity index (χ3v) is 4.19. The normalized spacial score (nSPS) is 12.0. The summed E-state index contributed by atoms with van der Waals surface area (Å²) in [6.07, 6.45) is 6.72. The van der Waals surface area contributed by atoms with Gasteiger partial charge in [0.25, 0.3) is 0 Å². The molecule has 0 saturated heterocycles. The molecule has 0 N–H and O–H groups in total. The van der Waals surface area contributed by atoms with E-state index in [-0.39, 0.29) is 0 Å². The first-order valence-corrected chi connectivity index (χ1v) is 9.58. The topological polar surface area (TPSA) is 17.8 Å². The van der Waals surface area contributed by atoms with Gasteiger partial charge < -0.3 is 0 Å². The number of para-hydroxylation sites is 3. The molecule has 2 nitrogen and oxygen atoms in total. The summed E-state index contributed by atoms with van der Waals surface area (Å²) < 4.78 is 2.24. The molecule has 0 aliphatic heterocycles. The fourth-order valence-electron chi connectivity index (χ4n) is 2.95. The van der Waals surface area contributed by atoms with Gasteiger partial charge in [-0.25, -0.2) is 4.98 Å². The average molecular weight is 347 g/mol. The number of aromatic nitrogens is 2. The zero-order chi connectivity index (χ0) is 18.9. The van der Waals surface area contributed by atoms with E-state index in [2.05, 4.69) is 80.0 Å². The van der Waals surface area contributed by atoms with Crippen LogP contribution in [-0.2, 0) is 0 Å². The Hall–Kier alpha value is -2.61. The lowest BCUT2D eigenvalue weighted by Crippen LogP contribution is -1.99. The van der Waals surface area contributed by atoms with Gasteiger partial charge >= 0.3 is 0 Å². The molecule has 3 aromatic rings. The average Bonchev–Trinajstić information content (AvgIpc) is 3.08. The molecular weight excluding hydrogens is 316 g/mol. The maximum atomic E-state index is 4.88. The number of hydrogen-bond acceptors (Lipinski definition) is 1. The molecule has 0 unspecified atom stereocenters. The molecular formula is C24H30N2. The molecule has 26 heavy (non-hydrogen) atoms. The maximum absolute atomic E-state index is 4.88. The Morgan fingerprint density at radius 1 is 0.923 bits per heavy atom. The fraction of sp³-hybridized carbons (Fsp3) is 0.292. The van der Waals surface area contributed by atoms with E-state index >= 15 is 0 Å². The van der Waals surface area contributed by atoms with Gasteiger partial charge in [-0.1, -0.05) is 75.2 Å². The number of allylic oxidation sites excluding steroid dienone is 4. The molecule has 0 saturated carbocycles. The molecule has 0 atom stereocenters. The summed E-state index contributed by atoms with van der Waals surface area (Å²) in [6.45, 7) is 10.5. The van der Waals surface area contributed by atoms with Gasteiger partial charge in [-0.2, -0.15) is 0 Å². The van der Waals surface area contributed by atoms with Crippen molar-refractivity contribution >= 4 is 16.6 Å². The lowest BCUT2D eigenvalue weighted by molar-refractivity contribution is 0.905. The van der Waals surface area contributed by atoms with Crippen LogP contribution in [0.15, 0.2) is 72.3 Å². The van der Waals surface area contributed by atoms with Crippen molar-refractivity contribution in [3.63, 3.8) is 0 Å². The Morgan fingerprint density at radius 3 is 2.27 bits per heavy atom. The van der Waals surface area contributed by atoms with Crippen LogP contribution in [0.5, 0.6) is 0 Å². The van der Waals surface area contributed by atoms with Crippen LogP contribution in [0.3, 0.4) is 0 Å². The maximum Gasteiger partial charge on any atom is 0.141 e. The molecule has 0 bridgehead atoms. The largest absolute Gasteiger partial charge is 0.293 e. The van der Waals surface area contributed by atoms with Gasteiger partial charge in [0, 0.05) is 5.69 Å². The summed E-state index contributed by atoms with van der Waals surface area (Å²) in [6, 6.07) is 18.7. The van der Waals surface area contributed by atoms with E-state index in [1.54, 1.807) is 0 Å². The summed E-state index contributed by atoms with van der Waals surface area (Å²) in [5.41, 5.74) is 5.88. The highest BCUT2D eigenvalue weighted by atomic mass is 15.1.